The first-order valence-electron chi connectivity index (χ1n) is 10.3. The van der Waals surface area contributed by atoms with Crippen LogP contribution in [0, 0.1) is 0 Å². The average molecular weight is 461 g/mol. The molecule has 0 spiro atoms. The quantitative estimate of drug-likeness (QED) is 0.573. The molecule has 1 aliphatic heterocycles. The molecule has 1 aromatic heterocycles. The van der Waals surface area contributed by atoms with Gasteiger partial charge in [0.25, 0.3) is 0 Å². The Morgan fingerprint density at radius 2 is 1.88 bits per heavy atom. The topological polar surface area (TPSA) is 104 Å². The van der Waals surface area contributed by atoms with Crippen molar-refractivity contribution in [1.29, 1.82) is 0 Å². The number of ether oxygens (including phenoxy) is 1. The summed E-state index contributed by atoms with van der Waals surface area (Å²) in [5.74, 6) is 0.129. The van der Waals surface area contributed by atoms with Crippen molar-refractivity contribution in [2.45, 2.75) is 31.0 Å². The molecule has 3 aromatic rings. The van der Waals surface area contributed by atoms with E-state index in [-0.39, 0.29) is 24.6 Å². The van der Waals surface area contributed by atoms with Crippen LogP contribution in [0.5, 0.6) is 0 Å². The minimum absolute atomic E-state index is 0.0459. The van der Waals surface area contributed by atoms with Crippen LogP contribution in [0.25, 0.3) is 11.4 Å². The van der Waals surface area contributed by atoms with Crippen molar-refractivity contribution in [3.8, 4) is 11.4 Å². The Kier molecular flexibility index (Phi) is 6.32. The van der Waals surface area contributed by atoms with Gasteiger partial charge in [-0.05, 0) is 52.6 Å². The molecule has 1 saturated heterocycles. The summed E-state index contributed by atoms with van der Waals surface area (Å²) in [6.07, 6.45) is -4.38. The van der Waals surface area contributed by atoms with Gasteiger partial charge >= 0.3 is 12.3 Å². The number of amides is 1. The molecule has 0 saturated carbocycles. The third-order valence-electron chi connectivity index (χ3n) is 5.96. The Morgan fingerprint density at radius 3 is 2.48 bits per heavy atom. The second-order valence-electron chi connectivity index (χ2n) is 8.08. The molecule has 174 valence electrons. The zero-order chi connectivity index (χ0) is 23.5. The number of nitrogens with one attached hydrogen (secondary N) is 1. The fraction of sp³-hybridized carbons (Fsp3) is 0.364. The van der Waals surface area contributed by atoms with Crippen LogP contribution >= 0.6 is 0 Å². The van der Waals surface area contributed by atoms with Crippen molar-refractivity contribution in [2.24, 2.45) is 0 Å². The Morgan fingerprint density at radius 1 is 1.15 bits per heavy atom. The van der Waals surface area contributed by atoms with Crippen LogP contribution in [0.4, 0.5) is 18.0 Å². The van der Waals surface area contributed by atoms with Gasteiger partial charge in [0.1, 0.15) is 0 Å². The molecule has 0 unspecified atom stereocenters. The summed E-state index contributed by atoms with van der Waals surface area (Å²) in [6, 6.07) is 13.2. The summed E-state index contributed by atoms with van der Waals surface area (Å²) in [4.78, 5) is 12.7. The van der Waals surface area contributed by atoms with Crippen molar-refractivity contribution < 1.29 is 27.8 Å². The number of piperidine rings is 1. The molecule has 4 rings (SSSR count). The molecule has 1 aliphatic rings. The molecular formula is C22H22F3N5O3. The summed E-state index contributed by atoms with van der Waals surface area (Å²) in [6.45, 7) is 0.926. The number of likely N-dealkylation sites (tertiary alicyclic amines) is 1. The summed E-state index contributed by atoms with van der Waals surface area (Å²) in [5, 5.41) is 22.3. The zero-order valence-electron chi connectivity index (χ0n) is 17.5. The van der Waals surface area contributed by atoms with E-state index < -0.39 is 23.2 Å². The van der Waals surface area contributed by atoms with E-state index in [1.807, 2.05) is 30.3 Å². The van der Waals surface area contributed by atoms with Crippen molar-refractivity contribution in [2.75, 3.05) is 19.7 Å². The van der Waals surface area contributed by atoms with E-state index in [0.717, 1.165) is 17.7 Å². The van der Waals surface area contributed by atoms with Gasteiger partial charge in [-0.15, -0.1) is 5.10 Å². The molecule has 0 bridgehead atoms. The van der Waals surface area contributed by atoms with E-state index in [2.05, 4.69) is 20.6 Å². The van der Waals surface area contributed by atoms with Crippen LogP contribution in [0.3, 0.4) is 0 Å². The first kappa shape index (κ1) is 22.7. The number of aromatic amines is 1. The predicted molar refractivity (Wildman–Crippen MR) is 111 cm³/mol. The molecule has 33 heavy (non-hydrogen) atoms. The van der Waals surface area contributed by atoms with E-state index >= 15 is 0 Å². The fourth-order valence-corrected chi connectivity index (χ4v) is 4.16. The number of carboxylic acid groups (broad SMARTS) is 1. The lowest BCUT2D eigenvalue weighted by Gasteiger charge is -2.41. The number of hydrogen-bond donors (Lipinski definition) is 2. The second-order valence-corrected chi connectivity index (χ2v) is 8.08. The van der Waals surface area contributed by atoms with Gasteiger partial charge in [-0.1, -0.05) is 30.3 Å². The van der Waals surface area contributed by atoms with E-state index in [9.17, 15) is 23.1 Å². The molecule has 8 nitrogen and oxygen atoms in total. The molecule has 2 aromatic carbocycles. The van der Waals surface area contributed by atoms with Crippen LogP contribution in [0.1, 0.15) is 29.5 Å². The van der Waals surface area contributed by atoms with E-state index in [1.165, 1.54) is 4.90 Å². The molecule has 2 N–H and O–H groups in total. The maximum atomic E-state index is 13.4. The molecule has 1 fully saturated rings. The van der Waals surface area contributed by atoms with Gasteiger partial charge in [0, 0.05) is 24.1 Å². The number of alkyl halides is 3. The maximum Gasteiger partial charge on any atom is 0.416 e. The second kappa shape index (κ2) is 9.18. The Bertz CT molecular complexity index is 1080. The molecule has 1 amide bonds. The largest absolute Gasteiger partial charge is 0.465 e. The van der Waals surface area contributed by atoms with Crippen LogP contribution < -0.4 is 0 Å². The van der Waals surface area contributed by atoms with Crippen molar-refractivity contribution in [3.05, 3.63) is 65.2 Å². The normalized spacial score (nSPS) is 16.0. The Hall–Kier alpha value is -3.47. The molecular weight excluding hydrogens is 439 g/mol. The Labute approximate surface area is 187 Å². The SMILES string of the molecule is O=C(O)N1CCC(COCc2cc(-c3nnn[nH]3)cc(C(F)(F)F)c2)(c2ccccc2)CC1. The number of aromatic nitrogens is 4. The number of halogens is 3. The number of H-pyrrole nitrogens is 1. The number of tetrazole rings is 1. The first-order chi connectivity index (χ1) is 15.8. The molecule has 2 heterocycles. The van der Waals surface area contributed by atoms with Gasteiger partial charge in [0.2, 0.25) is 0 Å². The van der Waals surface area contributed by atoms with E-state index in [1.54, 1.807) is 6.07 Å². The summed E-state index contributed by atoms with van der Waals surface area (Å²) in [5.41, 5.74) is 0.324. The lowest BCUT2D eigenvalue weighted by molar-refractivity contribution is -0.137. The van der Waals surface area contributed by atoms with Gasteiger partial charge in [-0.2, -0.15) is 13.2 Å². The lowest BCUT2D eigenvalue weighted by Crippen LogP contribution is -2.46. The van der Waals surface area contributed by atoms with Gasteiger partial charge < -0.3 is 14.7 Å². The highest BCUT2D eigenvalue weighted by molar-refractivity contribution is 5.65. The highest BCUT2D eigenvalue weighted by atomic mass is 19.4. The number of benzene rings is 2. The van der Waals surface area contributed by atoms with Crippen LogP contribution in [-0.2, 0) is 22.9 Å². The molecule has 0 atom stereocenters. The lowest BCUT2D eigenvalue weighted by atomic mass is 9.73. The number of carbonyl (C=O) groups is 1. The highest BCUT2D eigenvalue weighted by Gasteiger charge is 2.38. The van der Waals surface area contributed by atoms with E-state index in [0.29, 0.717) is 31.5 Å². The van der Waals surface area contributed by atoms with Crippen molar-refractivity contribution in [1.82, 2.24) is 25.5 Å². The minimum atomic E-state index is -4.53. The monoisotopic (exact) mass is 461 g/mol. The van der Waals surface area contributed by atoms with Gasteiger partial charge in [-0.3, -0.25) is 0 Å². The van der Waals surface area contributed by atoms with Crippen molar-refractivity contribution >= 4 is 6.09 Å². The van der Waals surface area contributed by atoms with Crippen LogP contribution in [0.2, 0.25) is 0 Å². The van der Waals surface area contributed by atoms with E-state index in [4.69, 9.17) is 4.74 Å². The van der Waals surface area contributed by atoms with Gasteiger partial charge in [0.15, 0.2) is 5.82 Å². The Balaban J connectivity index is 1.54. The molecule has 11 heteroatoms. The number of rotatable bonds is 6. The minimum Gasteiger partial charge on any atom is -0.465 e. The maximum absolute atomic E-state index is 13.4. The number of hydrogen-bond acceptors (Lipinski definition) is 5. The highest BCUT2D eigenvalue weighted by Crippen LogP contribution is 2.37. The summed E-state index contributed by atoms with van der Waals surface area (Å²) >= 11 is 0. The van der Waals surface area contributed by atoms with Crippen LogP contribution in [-0.4, -0.2) is 56.4 Å². The molecule has 0 radical (unpaired) electrons. The summed E-state index contributed by atoms with van der Waals surface area (Å²) in [7, 11) is 0. The van der Waals surface area contributed by atoms with Gasteiger partial charge in [0.05, 0.1) is 18.8 Å². The predicted octanol–water partition coefficient (Wildman–Crippen LogP) is 4.11. The third-order valence-corrected chi connectivity index (χ3v) is 5.96. The first-order valence-corrected chi connectivity index (χ1v) is 10.3. The number of nitrogens with zero attached hydrogens (tertiary/aromatic N) is 4. The summed E-state index contributed by atoms with van der Waals surface area (Å²) < 4.78 is 46.3. The van der Waals surface area contributed by atoms with Crippen LogP contribution in [0.15, 0.2) is 48.5 Å². The third kappa shape index (κ3) is 5.14. The standard InChI is InChI=1S/C22H22F3N5O3/c23-22(24,25)18-11-15(10-16(12-18)19-26-28-29-27-19)13-33-14-21(17-4-2-1-3-5-17)6-8-30(9-7-21)20(31)32/h1-5,10-12H,6-9,13-14H2,(H,31,32)(H,26,27,28,29). The van der Waals surface area contributed by atoms with Gasteiger partial charge in [-0.25, -0.2) is 9.89 Å². The smallest absolute Gasteiger partial charge is 0.416 e. The fourth-order valence-electron chi connectivity index (χ4n) is 4.16. The van der Waals surface area contributed by atoms with Crippen molar-refractivity contribution in [3.63, 3.8) is 0 Å². The average Bonchev–Trinajstić information content (AvgIpc) is 3.34. The zero-order valence-corrected chi connectivity index (χ0v) is 17.5. The molecule has 0 aliphatic carbocycles.